The van der Waals surface area contributed by atoms with E-state index in [1.165, 1.54) is 5.56 Å². The Hall–Kier alpha value is -1.72. The van der Waals surface area contributed by atoms with Crippen molar-refractivity contribution >= 4 is 11.7 Å². The zero-order valence-electron chi connectivity index (χ0n) is 16.0. The minimum atomic E-state index is 0.0541. The quantitative estimate of drug-likeness (QED) is 0.734. The third-order valence-corrected chi connectivity index (χ3v) is 5.61. The molecule has 5 heteroatoms. The molecule has 1 aromatic rings. The number of Topliss-reactive ketones (excluding diaryl/α,β-unsaturated/α-hetero) is 1. The Balaban J connectivity index is 1.41. The maximum absolute atomic E-state index is 12.4. The summed E-state index contributed by atoms with van der Waals surface area (Å²) < 4.78 is 5.69. The van der Waals surface area contributed by atoms with Gasteiger partial charge in [-0.25, -0.2) is 0 Å². The summed E-state index contributed by atoms with van der Waals surface area (Å²) in [4.78, 5) is 29.1. The number of ketones is 1. The van der Waals surface area contributed by atoms with E-state index in [0.29, 0.717) is 18.1 Å². The van der Waals surface area contributed by atoms with Gasteiger partial charge in [-0.2, -0.15) is 0 Å². The van der Waals surface area contributed by atoms with Crippen LogP contribution >= 0.6 is 0 Å². The highest BCUT2D eigenvalue weighted by atomic mass is 16.5. The van der Waals surface area contributed by atoms with Gasteiger partial charge in [0.05, 0.1) is 6.10 Å². The van der Waals surface area contributed by atoms with Gasteiger partial charge in [0, 0.05) is 57.7 Å². The number of amides is 1. The van der Waals surface area contributed by atoms with E-state index in [2.05, 4.69) is 4.90 Å². The molecule has 0 spiro atoms. The average molecular weight is 358 g/mol. The highest BCUT2D eigenvalue weighted by Crippen LogP contribution is 2.16. The largest absolute Gasteiger partial charge is 0.377 e. The number of ether oxygens (including phenoxy) is 1. The Labute approximate surface area is 156 Å². The first kappa shape index (κ1) is 19.1. The molecule has 1 atom stereocenters. The molecule has 2 aliphatic rings. The van der Waals surface area contributed by atoms with Crippen molar-refractivity contribution in [3.8, 4) is 0 Å². The second-order valence-corrected chi connectivity index (χ2v) is 7.54. The molecule has 2 aliphatic heterocycles. The molecule has 1 aromatic carbocycles. The van der Waals surface area contributed by atoms with Crippen LogP contribution in [0.3, 0.4) is 0 Å². The number of carbonyl (C=O) groups is 2. The van der Waals surface area contributed by atoms with E-state index in [4.69, 9.17) is 4.74 Å². The fourth-order valence-corrected chi connectivity index (χ4v) is 3.69. The Morgan fingerprint density at radius 2 is 1.85 bits per heavy atom. The van der Waals surface area contributed by atoms with Crippen LogP contribution in [0.1, 0.15) is 47.2 Å². The highest BCUT2D eigenvalue weighted by Gasteiger charge is 2.25. The van der Waals surface area contributed by atoms with E-state index < -0.39 is 0 Å². The van der Waals surface area contributed by atoms with Crippen molar-refractivity contribution < 1.29 is 14.3 Å². The van der Waals surface area contributed by atoms with Gasteiger partial charge < -0.3 is 9.64 Å². The minimum absolute atomic E-state index is 0.0541. The lowest BCUT2D eigenvalue weighted by molar-refractivity contribution is -0.133. The molecule has 0 aliphatic carbocycles. The van der Waals surface area contributed by atoms with Crippen LogP contribution < -0.4 is 0 Å². The Kier molecular flexibility index (Phi) is 6.43. The SMILES string of the molecule is Cc1ccc(C(=O)CCC(=O)N2CCN(CC3CCCO3)CC2)cc1C. The molecule has 0 saturated carbocycles. The molecule has 142 valence electrons. The lowest BCUT2D eigenvalue weighted by Gasteiger charge is -2.35. The number of hydrogen-bond acceptors (Lipinski definition) is 4. The van der Waals surface area contributed by atoms with Crippen molar-refractivity contribution in [3.05, 3.63) is 34.9 Å². The van der Waals surface area contributed by atoms with Crippen LogP contribution in [0.5, 0.6) is 0 Å². The molecular weight excluding hydrogens is 328 g/mol. The monoisotopic (exact) mass is 358 g/mol. The molecule has 0 N–H and O–H groups in total. The van der Waals surface area contributed by atoms with Crippen molar-refractivity contribution in [2.24, 2.45) is 0 Å². The zero-order valence-corrected chi connectivity index (χ0v) is 16.0. The standard InChI is InChI=1S/C21H30N2O3/c1-16-5-6-18(14-17(16)2)20(24)7-8-21(25)23-11-9-22(10-12-23)15-19-4-3-13-26-19/h5-6,14,19H,3-4,7-13,15H2,1-2H3. The third kappa shape index (κ3) is 4.92. The van der Waals surface area contributed by atoms with Crippen LogP contribution in [0.2, 0.25) is 0 Å². The van der Waals surface area contributed by atoms with E-state index in [1.54, 1.807) is 0 Å². The molecule has 2 saturated heterocycles. The molecule has 0 radical (unpaired) electrons. The number of nitrogens with zero attached hydrogens (tertiary/aromatic N) is 2. The summed E-state index contributed by atoms with van der Waals surface area (Å²) in [5, 5.41) is 0. The lowest BCUT2D eigenvalue weighted by atomic mass is 10.0. The van der Waals surface area contributed by atoms with Crippen LogP contribution in [0.15, 0.2) is 18.2 Å². The van der Waals surface area contributed by atoms with Gasteiger partial charge in [-0.05, 0) is 43.9 Å². The van der Waals surface area contributed by atoms with Crippen molar-refractivity contribution in [3.63, 3.8) is 0 Å². The average Bonchev–Trinajstić information content (AvgIpc) is 3.15. The van der Waals surface area contributed by atoms with Gasteiger partial charge in [-0.3, -0.25) is 14.5 Å². The molecular formula is C21H30N2O3. The molecule has 2 fully saturated rings. The molecule has 0 aromatic heterocycles. The zero-order chi connectivity index (χ0) is 18.5. The fraction of sp³-hybridized carbons (Fsp3) is 0.619. The normalized spacial score (nSPS) is 21.2. The molecule has 1 unspecified atom stereocenters. The number of carbonyl (C=O) groups excluding carboxylic acids is 2. The van der Waals surface area contributed by atoms with Gasteiger partial charge in [-0.15, -0.1) is 0 Å². The van der Waals surface area contributed by atoms with Gasteiger partial charge in [0.15, 0.2) is 5.78 Å². The molecule has 0 bridgehead atoms. The molecule has 5 nitrogen and oxygen atoms in total. The van der Waals surface area contributed by atoms with Crippen LogP contribution in [-0.2, 0) is 9.53 Å². The maximum atomic E-state index is 12.4. The highest BCUT2D eigenvalue weighted by molar-refractivity contribution is 5.98. The van der Waals surface area contributed by atoms with Crippen LogP contribution in [0, 0.1) is 13.8 Å². The van der Waals surface area contributed by atoms with Gasteiger partial charge in [0.2, 0.25) is 5.91 Å². The van der Waals surface area contributed by atoms with Gasteiger partial charge in [-0.1, -0.05) is 12.1 Å². The first-order valence-corrected chi connectivity index (χ1v) is 9.75. The maximum Gasteiger partial charge on any atom is 0.223 e. The first-order valence-electron chi connectivity index (χ1n) is 9.75. The summed E-state index contributed by atoms with van der Waals surface area (Å²) in [6.07, 6.45) is 3.28. The topological polar surface area (TPSA) is 49.9 Å². The number of benzene rings is 1. The lowest BCUT2D eigenvalue weighted by Crippen LogP contribution is -2.50. The van der Waals surface area contributed by atoms with Gasteiger partial charge >= 0.3 is 0 Å². The van der Waals surface area contributed by atoms with E-state index >= 15 is 0 Å². The second-order valence-electron chi connectivity index (χ2n) is 7.54. The predicted octanol–water partition coefficient (Wildman–Crippen LogP) is 2.59. The number of aryl methyl sites for hydroxylation is 2. The Morgan fingerprint density at radius 1 is 1.08 bits per heavy atom. The van der Waals surface area contributed by atoms with Crippen molar-refractivity contribution in [1.29, 1.82) is 0 Å². The second kappa shape index (κ2) is 8.78. The van der Waals surface area contributed by atoms with Crippen molar-refractivity contribution in [1.82, 2.24) is 9.80 Å². The van der Waals surface area contributed by atoms with E-state index in [-0.39, 0.29) is 18.1 Å². The van der Waals surface area contributed by atoms with Crippen LogP contribution in [-0.4, -0.2) is 66.9 Å². The molecule has 3 rings (SSSR count). The smallest absolute Gasteiger partial charge is 0.223 e. The molecule has 1 amide bonds. The molecule has 2 heterocycles. The number of piperazine rings is 1. The van der Waals surface area contributed by atoms with Crippen molar-refractivity contribution in [2.75, 3.05) is 39.3 Å². The van der Waals surface area contributed by atoms with Crippen LogP contribution in [0.25, 0.3) is 0 Å². The summed E-state index contributed by atoms with van der Waals surface area (Å²) in [5.74, 6) is 0.150. The first-order chi connectivity index (χ1) is 12.5. The fourth-order valence-electron chi connectivity index (χ4n) is 3.69. The number of hydrogen-bond donors (Lipinski definition) is 0. The minimum Gasteiger partial charge on any atom is -0.377 e. The van der Waals surface area contributed by atoms with E-state index in [9.17, 15) is 9.59 Å². The van der Waals surface area contributed by atoms with E-state index in [1.807, 2.05) is 36.9 Å². The Bertz CT molecular complexity index is 645. The van der Waals surface area contributed by atoms with Crippen molar-refractivity contribution in [2.45, 2.75) is 45.6 Å². The van der Waals surface area contributed by atoms with Gasteiger partial charge in [0.25, 0.3) is 0 Å². The predicted molar refractivity (Wildman–Crippen MR) is 101 cm³/mol. The van der Waals surface area contributed by atoms with E-state index in [0.717, 1.165) is 57.7 Å². The summed E-state index contributed by atoms with van der Waals surface area (Å²) in [5.41, 5.74) is 3.00. The van der Waals surface area contributed by atoms with Crippen LogP contribution in [0.4, 0.5) is 0 Å². The Morgan fingerprint density at radius 3 is 2.50 bits per heavy atom. The third-order valence-electron chi connectivity index (χ3n) is 5.61. The molecule has 26 heavy (non-hydrogen) atoms. The van der Waals surface area contributed by atoms with Gasteiger partial charge in [0.1, 0.15) is 0 Å². The number of rotatable bonds is 6. The summed E-state index contributed by atoms with van der Waals surface area (Å²) in [6.45, 7) is 9.21. The summed E-state index contributed by atoms with van der Waals surface area (Å²) in [6, 6.07) is 5.75. The summed E-state index contributed by atoms with van der Waals surface area (Å²) >= 11 is 0. The summed E-state index contributed by atoms with van der Waals surface area (Å²) in [7, 11) is 0.